The van der Waals surface area contributed by atoms with Gasteiger partial charge in [-0.1, -0.05) is 13.8 Å². The number of hydrogen-bond acceptors (Lipinski definition) is 4. The first-order valence-electron chi connectivity index (χ1n) is 9.33. The molecule has 1 aromatic heterocycles. The summed E-state index contributed by atoms with van der Waals surface area (Å²) in [5.74, 6) is -0.824. The minimum atomic E-state index is -0.962. The molecular weight excluding hydrogens is 344 g/mol. The molecule has 1 aliphatic rings. The molecule has 0 saturated carbocycles. The highest BCUT2D eigenvalue weighted by Crippen LogP contribution is 2.32. The van der Waals surface area contributed by atoms with Gasteiger partial charge in [0, 0.05) is 50.5 Å². The van der Waals surface area contributed by atoms with E-state index >= 15 is 0 Å². The van der Waals surface area contributed by atoms with Crippen molar-refractivity contribution in [1.82, 2.24) is 14.4 Å². The van der Waals surface area contributed by atoms with Crippen LogP contribution in [0.4, 0.5) is 5.69 Å². The van der Waals surface area contributed by atoms with Gasteiger partial charge in [0.2, 0.25) is 5.91 Å². The number of aromatic carboxylic acids is 1. The van der Waals surface area contributed by atoms with Crippen LogP contribution < -0.4 is 5.32 Å². The number of carboxylic acid groups (broad SMARTS) is 1. The van der Waals surface area contributed by atoms with Gasteiger partial charge >= 0.3 is 5.97 Å². The van der Waals surface area contributed by atoms with Crippen molar-refractivity contribution in [2.24, 2.45) is 7.05 Å². The maximum Gasteiger partial charge on any atom is 0.337 e. The summed E-state index contributed by atoms with van der Waals surface area (Å²) in [6.07, 6.45) is 1.63. The van der Waals surface area contributed by atoms with Gasteiger partial charge in [0.1, 0.15) is 0 Å². The zero-order valence-electron chi connectivity index (χ0n) is 16.5. The van der Waals surface area contributed by atoms with Crippen LogP contribution in [0.1, 0.15) is 35.7 Å². The Morgan fingerprint density at radius 2 is 1.81 bits per heavy atom. The fourth-order valence-corrected chi connectivity index (χ4v) is 3.68. The topological polar surface area (TPSA) is 77.8 Å². The highest BCUT2D eigenvalue weighted by Gasteiger charge is 2.20. The Bertz CT molecular complexity index is 864. The fraction of sp³-hybridized carbons (Fsp3) is 0.500. The van der Waals surface area contributed by atoms with Crippen molar-refractivity contribution in [2.75, 3.05) is 45.1 Å². The molecule has 0 atom stereocenters. The Kier molecular flexibility index (Phi) is 5.53. The van der Waals surface area contributed by atoms with E-state index in [1.165, 1.54) is 0 Å². The lowest BCUT2D eigenvalue weighted by atomic mass is 9.98. The fourth-order valence-electron chi connectivity index (χ4n) is 3.68. The number of anilines is 1. The molecule has 0 spiro atoms. The van der Waals surface area contributed by atoms with Crippen molar-refractivity contribution >= 4 is 28.5 Å². The van der Waals surface area contributed by atoms with Crippen LogP contribution in [-0.2, 0) is 11.8 Å². The third-order valence-corrected chi connectivity index (χ3v) is 5.20. The Morgan fingerprint density at radius 1 is 1.15 bits per heavy atom. The van der Waals surface area contributed by atoms with Crippen LogP contribution in [0.5, 0.6) is 0 Å². The maximum atomic E-state index is 12.5. The molecule has 1 amide bonds. The maximum absolute atomic E-state index is 12.5. The van der Waals surface area contributed by atoms with E-state index in [4.69, 9.17) is 0 Å². The number of rotatable bonds is 5. The number of likely N-dealkylation sites (N-methyl/N-ethyl adjacent to an activating group) is 1. The molecule has 7 nitrogen and oxygen atoms in total. The van der Waals surface area contributed by atoms with Crippen LogP contribution in [0.2, 0.25) is 0 Å². The lowest BCUT2D eigenvalue weighted by molar-refractivity contribution is -0.117. The number of carbonyl (C=O) groups excluding carboxylic acids is 1. The molecule has 27 heavy (non-hydrogen) atoms. The number of aryl methyl sites for hydroxylation is 1. The standard InChI is InChI=1S/C20H28N4O3/c1-13(2)15-9-14(10-16-17(20(26)27)11-23(4)19(15)16)21-18(25)12-24-7-5-22(3)6-8-24/h9-11,13H,5-8,12H2,1-4H3,(H,21,25)(H,26,27). The zero-order chi connectivity index (χ0) is 19.7. The van der Waals surface area contributed by atoms with Crippen LogP contribution in [0.15, 0.2) is 18.3 Å². The largest absolute Gasteiger partial charge is 0.478 e. The molecule has 1 aromatic carbocycles. The number of nitrogens with zero attached hydrogens (tertiary/aromatic N) is 3. The zero-order valence-corrected chi connectivity index (χ0v) is 16.5. The monoisotopic (exact) mass is 372 g/mol. The van der Waals surface area contributed by atoms with Crippen molar-refractivity contribution < 1.29 is 14.7 Å². The first kappa shape index (κ1) is 19.4. The second-order valence-electron chi connectivity index (χ2n) is 7.70. The summed E-state index contributed by atoms with van der Waals surface area (Å²) in [6, 6.07) is 3.73. The van der Waals surface area contributed by atoms with Gasteiger partial charge in [-0.05, 0) is 30.7 Å². The van der Waals surface area contributed by atoms with Crippen molar-refractivity contribution in [3.05, 3.63) is 29.5 Å². The number of carbonyl (C=O) groups is 2. The second-order valence-corrected chi connectivity index (χ2v) is 7.70. The van der Waals surface area contributed by atoms with Crippen molar-refractivity contribution in [3.63, 3.8) is 0 Å². The van der Waals surface area contributed by atoms with Gasteiger partial charge in [-0.25, -0.2) is 4.79 Å². The summed E-state index contributed by atoms with van der Waals surface area (Å²) in [7, 11) is 3.94. The number of amides is 1. The van der Waals surface area contributed by atoms with Gasteiger partial charge in [-0.2, -0.15) is 0 Å². The summed E-state index contributed by atoms with van der Waals surface area (Å²) in [5.41, 5.74) is 2.83. The quantitative estimate of drug-likeness (QED) is 0.841. The van der Waals surface area contributed by atoms with Gasteiger partial charge in [-0.15, -0.1) is 0 Å². The normalized spacial score (nSPS) is 16.2. The predicted molar refractivity (Wildman–Crippen MR) is 107 cm³/mol. The van der Waals surface area contributed by atoms with E-state index in [9.17, 15) is 14.7 Å². The average Bonchev–Trinajstić information content (AvgIpc) is 2.93. The molecule has 7 heteroatoms. The molecule has 1 fully saturated rings. The Labute approximate surface area is 159 Å². The highest BCUT2D eigenvalue weighted by atomic mass is 16.4. The molecule has 0 aliphatic carbocycles. The van der Waals surface area contributed by atoms with Crippen LogP contribution >= 0.6 is 0 Å². The van der Waals surface area contributed by atoms with Gasteiger partial charge in [0.15, 0.2) is 0 Å². The second kappa shape index (κ2) is 7.70. The van der Waals surface area contributed by atoms with Crippen LogP contribution in [0.25, 0.3) is 10.9 Å². The van der Waals surface area contributed by atoms with Crippen molar-refractivity contribution in [1.29, 1.82) is 0 Å². The molecule has 1 aliphatic heterocycles. The number of fused-ring (bicyclic) bond motifs is 1. The molecule has 1 saturated heterocycles. The Balaban J connectivity index is 1.87. The van der Waals surface area contributed by atoms with Gasteiger partial charge in [0.25, 0.3) is 0 Å². The molecule has 0 bridgehead atoms. The Morgan fingerprint density at radius 3 is 2.41 bits per heavy atom. The number of piperazine rings is 1. The molecule has 0 unspecified atom stereocenters. The van der Waals surface area contributed by atoms with E-state index in [2.05, 4.69) is 36.0 Å². The number of hydrogen-bond donors (Lipinski definition) is 2. The predicted octanol–water partition coefficient (Wildman–Crippen LogP) is 2.19. The van der Waals surface area contributed by atoms with Crippen LogP contribution in [0, 0.1) is 0 Å². The molecule has 2 heterocycles. The van der Waals surface area contributed by atoms with E-state index in [-0.39, 0.29) is 17.4 Å². The van der Waals surface area contributed by atoms with E-state index in [1.807, 2.05) is 17.7 Å². The van der Waals surface area contributed by atoms with Crippen LogP contribution in [-0.4, -0.2) is 71.1 Å². The molecule has 2 N–H and O–H groups in total. The SMILES string of the molecule is CC(C)c1cc(NC(=O)CN2CCN(C)CC2)cc2c(C(=O)O)cn(C)c12. The number of benzene rings is 1. The number of carboxylic acids is 1. The number of nitrogens with one attached hydrogen (secondary N) is 1. The smallest absolute Gasteiger partial charge is 0.337 e. The molecule has 0 radical (unpaired) electrons. The van der Waals surface area contributed by atoms with E-state index in [0.717, 1.165) is 37.3 Å². The summed E-state index contributed by atoms with van der Waals surface area (Å²) < 4.78 is 1.85. The van der Waals surface area contributed by atoms with E-state index in [0.29, 0.717) is 17.6 Å². The molecular formula is C20H28N4O3. The molecule has 3 rings (SSSR count). The van der Waals surface area contributed by atoms with Crippen molar-refractivity contribution in [2.45, 2.75) is 19.8 Å². The van der Waals surface area contributed by atoms with Gasteiger partial charge < -0.3 is 19.9 Å². The Hall–Kier alpha value is -2.38. The first-order valence-corrected chi connectivity index (χ1v) is 9.33. The average molecular weight is 372 g/mol. The van der Waals surface area contributed by atoms with E-state index < -0.39 is 5.97 Å². The lowest BCUT2D eigenvalue weighted by Gasteiger charge is -2.31. The van der Waals surface area contributed by atoms with Crippen LogP contribution in [0.3, 0.4) is 0 Å². The van der Waals surface area contributed by atoms with Gasteiger partial charge in [0.05, 0.1) is 17.6 Å². The third kappa shape index (κ3) is 4.14. The lowest BCUT2D eigenvalue weighted by Crippen LogP contribution is -2.47. The summed E-state index contributed by atoms with van der Waals surface area (Å²) in [4.78, 5) is 28.5. The third-order valence-electron chi connectivity index (χ3n) is 5.20. The van der Waals surface area contributed by atoms with Gasteiger partial charge in [-0.3, -0.25) is 9.69 Å². The minimum Gasteiger partial charge on any atom is -0.478 e. The first-order chi connectivity index (χ1) is 12.8. The number of aromatic nitrogens is 1. The highest BCUT2D eigenvalue weighted by molar-refractivity contribution is 6.06. The summed E-state index contributed by atoms with van der Waals surface area (Å²) in [6.45, 7) is 8.16. The summed E-state index contributed by atoms with van der Waals surface area (Å²) >= 11 is 0. The minimum absolute atomic E-state index is 0.0681. The molecule has 146 valence electrons. The van der Waals surface area contributed by atoms with Crippen molar-refractivity contribution in [3.8, 4) is 0 Å². The van der Waals surface area contributed by atoms with E-state index in [1.54, 1.807) is 12.3 Å². The summed E-state index contributed by atoms with van der Waals surface area (Å²) in [5, 5.41) is 13.2. The molecule has 2 aromatic rings.